The first-order valence-electron chi connectivity index (χ1n) is 10.4. The number of ether oxygens (including phenoxy) is 1. The van der Waals surface area contributed by atoms with Gasteiger partial charge in [-0.25, -0.2) is 0 Å². The molecule has 2 aromatic carbocycles. The van der Waals surface area contributed by atoms with E-state index in [2.05, 4.69) is 5.32 Å². The van der Waals surface area contributed by atoms with Crippen molar-refractivity contribution >= 4 is 40.5 Å². The summed E-state index contributed by atoms with van der Waals surface area (Å²) < 4.78 is 5.31. The molecule has 2 amide bonds. The summed E-state index contributed by atoms with van der Waals surface area (Å²) in [5, 5.41) is 13.6. The molecule has 0 radical (unpaired) electrons. The Morgan fingerprint density at radius 1 is 1.15 bits per heavy atom. The average Bonchev–Trinajstić information content (AvgIpc) is 3.46. The molecule has 0 unspecified atom stereocenters. The maximum absolute atomic E-state index is 13.0. The Morgan fingerprint density at radius 3 is 2.61 bits per heavy atom. The molecule has 0 bridgehead atoms. The molecule has 1 aliphatic heterocycles. The number of rotatable bonds is 6. The van der Waals surface area contributed by atoms with Crippen LogP contribution in [0.5, 0.6) is 0 Å². The van der Waals surface area contributed by atoms with Crippen LogP contribution in [0.15, 0.2) is 66.0 Å². The third kappa shape index (κ3) is 4.78. The molecule has 166 valence electrons. The van der Waals surface area contributed by atoms with Crippen molar-refractivity contribution in [2.45, 2.75) is 19.4 Å². The van der Waals surface area contributed by atoms with E-state index in [0.29, 0.717) is 16.9 Å². The van der Waals surface area contributed by atoms with E-state index in [4.69, 9.17) is 10.00 Å². The maximum atomic E-state index is 13.0. The van der Waals surface area contributed by atoms with E-state index in [-0.39, 0.29) is 12.3 Å². The van der Waals surface area contributed by atoms with Crippen LogP contribution in [0, 0.1) is 24.2 Å². The summed E-state index contributed by atoms with van der Waals surface area (Å²) in [6.07, 6.45) is -0.00579. The molecule has 0 spiro atoms. The van der Waals surface area contributed by atoms with E-state index in [0.717, 1.165) is 10.4 Å². The van der Waals surface area contributed by atoms with Crippen LogP contribution in [0.3, 0.4) is 0 Å². The number of amides is 2. The quantitative estimate of drug-likeness (QED) is 0.557. The van der Waals surface area contributed by atoms with Crippen LogP contribution in [-0.2, 0) is 19.1 Å². The van der Waals surface area contributed by atoms with E-state index in [1.165, 1.54) is 11.3 Å². The van der Waals surface area contributed by atoms with Gasteiger partial charge in [-0.05, 0) is 42.6 Å². The maximum Gasteiger partial charge on any atom is 0.312 e. The number of carbonyl (C=O) groups is 3. The monoisotopic (exact) mass is 459 g/mol. The van der Waals surface area contributed by atoms with E-state index in [1.54, 1.807) is 29.2 Å². The van der Waals surface area contributed by atoms with Gasteiger partial charge in [0, 0.05) is 17.0 Å². The summed E-state index contributed by atoms with van der Waals surface area (Å²) in [7, 11) is 0. The van der Waals surface area contributed by atoms with Gasteiger partial charge in [0.2, 0.25) is 5.91 Å². The van der Waals surface area contributed by atoms with Crippen LogP contribution >= 0.6 is 11.3 Å². The molecule has 2 heterocycles. The molecule has 1 saturated heterocycles. The first-order chi connectivity index (χ1) is 16.0. The van der Waals surface area contributed by atoms with Crippen LogP contribution < -0.4 is 10.2 Å². The van der Waals surface area contributed by atoms with E-state index >= 15 is 0 Å². The zero-order valence-corrected chi connectivity index (χ0v) is 18.7. The molecular formula is C25H21N3O4S. The molecule has 4 rings (SSSR count). The summed E-state index contributed by atoms with van der Waals surface area (Å²) in [6, 6.07) is 19.4. The van der Waals surface area contributed by atoms with Crippen LogP contribution in [-0.4, -0.2) is 24.4 Å². The fraction of sp³-hybridized carbons (Fsp3) is 0.200. The molecule has 7 nitrogen and oxygen atoms in total. The predicted molar refractivity (Wildman–Crippen MR) is 125 cm³/mol. The lowest BCUT2D eigenvalue weighted by molar-refractivity contribution is -0.152. The number of para-hydroxylation sites is 1. The topological polar surface area (TPSA) is 99.5 Å². The molecule has 1 aromatic heterocycles. The highest BCUT2D eigenvalue weighted by molar-refractivity contribution is 7.10. The Balaban J connectivity index is 1.49. The zero-order valence-electron chi connectivity index (χ0n) is 17.9. The molecular weight excluding hydrogens is 438 g/mol. The molecule has 2 atom stereocenters. The highest BCUT2D eigenvalue weighted by Crippen LogP contribution is 2.43. The normalized spacial score (nSPS) is 17.5. The second kappa shape index (κ2) is 9.67. The van der Waals surface area contributed by atoms with Gasteiger partial charge in [0.25, 0.3) is 5.91 Å². The van der Waals surface area contributed by atoms with Gasteiger partial charge < -0.3 is 15.0 Å². The number of nitriles is 1. The molecule has 0 saturated carbocycles. The molecule has 1 N–H and O–H groups in total. The van der Waals surface area contributed by atoms with Crippen molar-refractivity contribution in [3.63, 3.8) is 0 Å². The molecule has 0 aliphatic carbocycles. The number of hydrogen-bond acceptors (Lipinski definition) is 6. The van der Waals surface area contributed by atoms with E-state index in [9.17, 15) is 14.4 Å². The van der Waals surface area contributed by atoms with E-state index in [1.807, 2.05) is 54.8 Å². The number of hydrogen-bond donors (Lipinski definition) is 1. The van der Waals surface area contributed by atoms with Crippen LogP contribution in [0.1, 0.15) is 28.5 Å². The fourth-order valence-electron chi connectivity index (χ4n) is 3.86. The lowest BCUT2D eigenvalue weighted by atomic mass is 9.99. The average molecular weight is 460 g/mol. The van der Waals surface area contributed by atoms with Gasteiger partial charge in [0.15, 0.2) is 6.61 Å². The van der Waals surface area contributed by atoms with Crippen molar-refractivity contribution in [2.24, 2.45) is 5.92 Å². The zero-order chi connectivity index (χ0) is 23.4. The number of esters is 1. The van der Waals surface area contributed by atoms with Crippen LogP contribution in [0.2, 0.25) is 0 Å². The number of thiophene rings is 1. The highest BCUT2D eigenvalue weighted by atomic mass is 32.1. The minimum absolute atomic E-state index is 0.00579. The Morgan fingerprint density at radius 2 is 1.91 bits per heavy atom. The highest BCUT2D eigenvalue weighted by Gasteiger charge is 2.46. The van der Waals surface area contributed by atoms with Gasteiger partial charge in [0.1, 0.15) is 6.07 Å². The van der Waals surface area contributed by atoms with Crippen molar-refractivity contribution in [3.05, 3.63) is 82.0 Å². The molecule has 3 aromatic rings. The summed E-state index contributed by atoms with van der Waals surface area (Å²) in [5.74, 6) is -2.08. The Labute approximate surface area is 195 Å². The summed E-state index contributed by atoms with van der Waals surface area (Å²) in [5.41, 5.74) is 2.44. The lowest BCUT2D eigenvalue weighted by Crippen LogP contribution is -2.31. The lowest BCUT2D eigenvalue weighted by Gasteiger charge is -2.27. The van der Waals surface area contributed by atoms with Gasteiger partial charge in [-0.2, -0.15) is 5.26 Å². The van der Waals surface area contributed by atoms with Crippen LogP contribution in [0.25, 0.3) is 0 Å². The Hall–Kier alpha value is -3.96. The number of nitrogens with zero attached hydrogens (tertiary/aromatic N) is 2. The van der Waals surface area contributed by atoms with Gasteiger partial charge in [0.05, 0.1) is 23.2 Å². The Bertz CT molecular complexity index is 1220. The largest absolute Gasteiger partial charge is 0.455 e. The van der Waals surface area contributed by atoms with Gasteiger partial charge in [-0.15, -0.1) is 11.3 Å². The standard InChI is InChI=1S/C25H21N3O4S/c1-16-8-10-18(11-9-16)28-23(30)13-19(24(28)21-7-4-12-33-21)25(31)32-15-22(29)27-20-6-3-2-5-17(20)14-26/h2-12,19,24H,13,15H2,1H3,(H,27,29)/t19-,24+/m1/s1. The smallest absolute Gasteiger partial charge is 0.312 e. The van der Waals surface area contributed by atoms with Crippen molar-refractivity contribution in [2.75, 3.05) is 16.8 Å². The van der Waals surface area contributed by atoms with Gasteiger partial charge in [-0.1, -0.05) is 35.9 Å². The summed E-state index contributed by atoms with van der Waals surface area (Å²) in [4.78, 5) is 40.8. The van der Waals surface area contributed by atoms with E-state index < -0.39 is 30.4 Å². The van der Waals surface area contributed by atoms with Gasteiger partial charge >= 0.3 is 5.97 Å². The summed E-state index contributed by atoms with van der Waals surface area (Å²) in [6.45, 7) is 1.46. The molecule has 8 heteroatoms. The molecule has 33 heavy (non-hydrogen) atoms. The second-order valence-corrected chi connectivity index (χ2v) is 8.66. The molecule has 1 fully saturated rings. The number of benzene rings is 2. The number of nitrogens with one attached hydrogen (secondary N) is 1. The SMILES string of the molecule is Cc1ccc(N2C(=O)C[C@@H](C(=O)OCC(=O)Nc3ccccc3C#N)[C@H]2c2cccs2)cc1. The minimum Gasteiger partial charge on any atom is -0.455 e. The van der Waals surface area contributed by atoms with Crippen LogP contribution in [0.4, 0.5) is 11.4 Å². The van der Waals surface area contributed by atoms with Gasteiger partial charge in [-0.3, -0.25) is 14.4 Å². The minimum atomic E-state index is -0.739. The van der Waals surface area contributed by atoms with Crippen molar-refractivity contribution in [1.29, 1.82) is 5.26 Å². The van der Waals surface area contributed by atoms with Crippen molar-refractivity contribution < 1.29 is 19.1 Å². The molecule has 1 aliphatic rings. The Kier molecular flexibility index (Phi) is 6.52. The second-order valence-electron chi connectivity index (χ2n) is 7.68. The summed E-state index contributed by atoms with van der Waals surface area (Å²) >= 11 is 1.46. The number of carbonyl (C=O) groups excluding carboxylic acids is 3. The fourth-order valence-corrected chi connectivity index (χ4v) is 4.74. The number of aryl methyl sites for hydroxylation is 1. The third-order valence-corrected chi connectivity index (χ3v) is 6.38. The van der Waals surface area contributed by atoms with Crippen molar-refractivity contribution in [1.82, 2.24) is 0 Å². The number of anilines is 2. The predicted octanol–water partition coefficient (Wildman–Crippen LogP) is 4.20. The van der Waals surface area contributed by atoms with Crippen molar-refractivity contribution in [3.8, 4) is 6.07 Å². The first kappa shape index (κ1) is 22.2. The first-order valence-corrected chi connectivity index (χ1v) is 11.2. The third-order valence-electron chi connectivity index (χ3n) is 5.44.